The number of fused-ring (bicyclic) bond motifs is 1. The van der Waals surface area contributed by atoms with E-state index >= 15 is 0 Å². The highest BCUT2D eigenvalue weighted by Gasteiger charge is 2.02. The monoisotopic (exact) mass is 173 g/mol. The molecule has 2 aromatic carbocycles. The van der Waals surface area contributed by atoms with Crippen LogP contribution in [0.5, 0.6) is 5.75 Å². The number of phenols is 1. The molecule has 0 amide bonds. The van der Waals surface area contributed by atoms with Gasteiger partial charge in [-0.2, -0.15) is 0 Å². The number of aromatic hydroxyl groups is 1. The van der Waals surface area contributed by atoms with Crippen LogP contribution in [0.4, 0.5) is 5.69 Å². The lowest BCUT2D eigenvalue weighted by molar-refractivity contribution is 0.477. The van der Waals surface area contributed by atoms with Gasteiger partial charge in [0.25, 0.3) is 0 Å². The van der Waals surface area contributed by atoms with Gasteiger partial charge >= 0.3 is 0 Å². The molecule has 2 heteroatoms. The summed E-state index contributed by atoms with van der Waals surface area (Å²) in [4.78, 5) is 0. The van der Waals surface area contributed by atoms with Crippen LogP contribution < -0.4 is 5.73 Å². The number of anilines is 1. The molecule has 0 aromatic heterocycles. The maximum Gasteiger partial charge on any atom is 0.126 e. The van der Waals surface area contributed by atoms with E-state index in [1.807, 2.05) is 31.2 Å². The summed E-state index contributed by atoms with van der Waals surface area (Å²) in [5.74, 6) is 0.324. The van der Waals surface area contributed by atoms with E-state index in [0.29, 0.717) is 11.4 Å². The molecule has 13 heavy (non-hydrogen) atoms. The SMILES string of the molecule is Cc1ccc2ccc(N)cc2c1O. The summed E-state index contributed by atoms with van der Waals surface area (Å²) in [6, 6.07) is 9.40. The van der Waals surface area contributed by atoms with Crippen LogP contribution in [0.3, 0.4) is 0 Å². The molecule has 2 rings (SSSR count). The maximum atomic E-state index is 9.73. The summed E-state index contributed by atoms with van der Waals surface area (Å²) in [5.41, 5.74) is 7.18. The smallest absolute Gasteiger partial charge is 0.126 e. The quantitative estimate of drug-likeness (QED) is 0.601. The fraction of sp³-hybridized carbons (Fsp3) is 0.0909. The average Bonchev–Trinajstić information content (AvgIpc) is 2.12. The number of rotatable bonds is 0. The molecule has 3 N–H and O–H groups in total. The van der Waals surface area contributed by atoms with Crippen molar-refractivity contribution in [3.05, 3.63) is 35.9 Å². The molecule has 0 radical (unpaired) electrons. The van der Waals surface area contributed by atoms with Crippen LogP contribution in [-0.2, 0) is 0 Å². The number of phenolic OH excluding ortho intramolecular Hbond substituents is 1. The molecule has 0 heterocycles. The molecule has 2 nitrogen and oxygen atoms in total. The van der Waals surface area contributed by atoms with Crippen LogP contribution in [-0.4, -0.2) is 5.11 Å². The molecule has 0 fully saturated rings. The molecular formula is C11H11NO. The van der Waals surface area contributed by atoms with Crippen LogP contribution in [0, 0.1) is 6.92 Å². The third-order valence-corrected chi connectivity index (χ3v) is 2.22. The number of aryl methyl sites for hydroxylation is 1. The summed E-state index contributed by atoms with van der Waals surface area (Å²) in [5, 5.41) is 11.6. The van der Waals surface area contributed by atoms with Gasteiger partial charge in [-0.15, -0.1) is 0 Å². The third kappa shape index (κ3) is 1.20. The fourth-order valence-corrected chi connectivity index (χ4v) is 1.43. The van der Waals surface area contributed by atoms with E-state index in [0.717, 1.165) is 16.3 Å². The highest BCUT2D eigenvalue weighted by molar-refractivity contribution is 5.91. The van der Waals surface area contributed by atoms with E-state index in [1.54, 1.807) is 6.07 Å². The zero-order chi connectivity index (χ0) is 9.42. The third-order valence-electron chi connectivity index (χ3n) is 2.22. The van der Waals surface area contributed by atoms with Gasteiger partial charge in [-0.25, -0.2) is 0 Å². The second-order valence-corrected chi connectivity index (χ2v) is 3.21. The van der Waals surface area contributed by atoms with Gasteiger partial charge < -0.3 is 10.8 Å². The minimum atomic E-state index is 0.324. The van der Waals surface area contributed by atoms with E-state index < -0.39 is 0 Å². The minimum absolute atomic E-state index is 0.324. The van der Waals surface area contributed by atoms with Gasteiger partial charge in [-0.1, -0.05) is 18.2 Å². The molecule has 0 aliphatic heterocycles. The maximum absolute atomic E-state index is 9.73. The van der Waals surface area contributed by atoms with E-state index in [9.17, 15) is 5.11 Å². The van der Waals surface area contributed by atoms with Gasteiger partial charge in [-0.05, 0) is 30.0 Å². The molecule has 0 bridgehead atoms. The van der Waals surface area contributed by atoms with Gasteiger partial charge in [0.1, 0.15) is 5.75 Å². The zero-order valence-electron chi connectivity index (χ0n) is 7.41. The normalized spacial score (nSPS) is 10.5. The molecule has 0 saturated heterocycles. The Morgan fingerprint density at radius 3 is 2.62 bits per heavy atom. The topological polar surface area (TPSA) is 46.2 Å². The van der Waals surface area contributed by atoms with Crippen LogP contribution >= 0.6 is 0 Å². The number of hydrogen-bond acceptors (Lipinski definition) is 2. The first-order valence-electron chi connectivity index (χ1n) is 4.16. The van der Waals surface area contributed by atoms with Crippen molar-refractivity contribution >= 4 is 16.5 Å². The number of benzene rings is 2. The van der Waals surface area contributed by atoms with Crippen molar-refractivity contribution in [3.8, 4) is 5.75 Å². The first-order valence-corrected chi connectivity index (χ1v) is 4.16. The van der Waals surface area contributed by atoms with Crippen LogP contribution in [0.2, 0.25) is 0 Å². The Morgan fingerprint density at radius 1 is 1.15 bits per heavy atom. The lowest BCUT2D eigenvalue weighted by Gasteiger charge is -2.04. The fourth-order valence-electron chi connectivity index (χ4n) is 1.43. The molecule has 0 aliphatic carbocycles. The lowest BCUT2D eigenvalue weighted by atomic mass is 10.1. The van der Waals surface area contributed by atoms with Crippen LogP contribution in [0.1, 0.15) is 5.56 Å². The zero-order valence-corrected chi connectivity index (χ0v) is 7.41. The lowest BCUT2D eigenvalue weighted by Crippen LogP contribution is -1.85. The first kappa shape index (κ1) is 7.92. The molecule has 0 unspecified atom stereocenters. The van der Waals surface area contributed by atoms with Crippen molar-refractivity contribution in [2.45, 2.75) is 6.92 Å². The van der Waals surface area contributed by atoms with E-state index in [1.165, 1.54) is 0 Å². The predicted molar refractivity (Wildman–Crippen MR) is 54.8 cm³/mol. The summed E-state index contributed by atoms with van der Waals surface area (Å²) in [6.07, 6.45) is 0. The van der Waals surface area contributed by atoms with Gasteiger partial charge in [0.15, 0.2) is 0 Å². The predicted octanol–water partition coefficient (Wildman–Crippen LogP) is 2.44. The van der Waals surface area contributed by atoms with Crippen molar-refractivity contribution < 1.29 is 5.11 Å². The number of nitrogens with two attached hydrogens (primary N) is 1. The first-order chi connectivity index (χ1) is 6.18. The standard InChI is InChI=1S/C11H11NO/c1-7-2-3-8-4-5-9(12)6-10(8)11(7)13/h2-6,13H,12H2,1H3. The largest absolute Gasteiger partial charge is 0.507 e. The molecule has 0 saturated carbocycles. The van der Waals surface area contributed by atoms with Crippen molar-refractivity contribution in [2.75, 3.05) is 5.73 Å². The Kier molecular flexibility index (Phi) is 1.62. The van der Waals surface area contributed by atoms with Crippen molar-refractivity contribution in [3.63, 3.8) is 0 Å². The number of hydrogen-bond donors (Lipinski definition) is 2. The summed E-state index contributed by atoms with van der Waals surface area (Å²) >= 11 is 0. The molecule has 2 aromatic rings. The second-order valence-electron chi connectivity index (χ2n) is 3.21. The molecule has 0 spiro atoms. The Balaban J connectivity index is 2.89. The second kappa shape index (κ2) is 2.66. The number of nitrogen functional groups attached to an aromatic ring is 1. The highest BCUT2D eigenvalue weighted by Crippen LogP contribution is 2.29. The van der Waals surface area contributed by atoms with Crippen molar-refractivity contribution in [1.82, 2.24) is 0 Å². The summed E-state index contributed by atoms with van der Waals surface area (Å²) < 4.78 is 0. The summed E-state index contributed by atoms with van der Waals surface area (Å²) in [6.45, 7) is 1.87. The molecular weight excluding hydrogens is 162 g/mol. The van der Waals surface area contributed by atoms with E-state index in [4.69, 9.17) is 5.73 Å². The Hall–Kier alpha value is -1.70. The Morgan fingerprint density at radius 2 is 1.85 bits per heavy atom. The van der Waals surface area contributed by atoms with Gasteiger partial charge in [0, 0.05) is 11.1 Å². The minimum Gasteiger partial charge on any atom is -0.507 e. The summed E-state index contributed by atoms with van der Waals surface area (Å²) in [7, 11) is 0. The highest BCUT2D eigenvalue weighted by atomic mass is 16.3. The molecule has 66 valence electrons. The van der Waals surface area contributed by atoms with Crippen molar-refractivity contribution in [2.24, 2.45) is 0 Å². The average molecular weight is 173 g/mol. The van der Waals surface area contributed by atoms with Crippen LogP contribution in [0.25, 0.3) is 10.8 Å². The Labute approximate surface area is 76.6 Å². The van der Waals surface area contributed by atoms with Gasteiger partial charge in [0.2, 0.25) is 0 Å². The van der Waals surface area contributed by atoms with Gasteiger partial charge in [-0.3, -0.25) is 0 Å². The molecule has 0 aliphatic rings. The van der Waals surface area contributed by atoms with E-state index in [-0.39, 0.29) is 0 Å². The van der Waals surface area contributed by atoms with Crippen molar-refractivity contribution in [1.29, 1.82) is 0 Å². The van der Waals surface area contributed by atoms with E-state index in [2.05, 4.69) is 0 Å². The van der Waals surface area contributed by atoms with Crippen LogP contribution in [0.15, 0.2) is 30.3 Å². The van der Waals surface area contributed by atoms with Gasteiger partial charge in [0.05, 0.1) is 0 Å². The molecule has 0 atom stereocenters. The Bertz CT molecular complexity index is 458.